The summed E-state index contributed by atoms with van der Waals surface area (Å²) < 4.78 is 32.9. The number of nitrogens with zero attached hydrogens (tertiary/aromatic N) is 1. The van der Waals surface area contributed by atoms with E-state index in [4.69, 9.17) is 9.57 Å². The van der Waals surface area contributed by atoms with Crippen molar-refractivity contribution in [2.24, 2.45) is 5.41 Å². The second kappa shape index (κ2) is 6.83. The van der Waals surface area contributed by atoms with E-state index in [1.54, 1.807) is 25.8 Å². The van der Waals surface area contributed by atoms with Gasteiger partial charge in [0.25, 0.3) is 0 Å². The van der Waals surface area contributed by atoms with Crippen LogP contribution in [0.4, 0.5) is 8.78 Å². The Morgan fingerprint density at radius 3 is 2.26 bits per heavy atom. The molecule has 6 heteroatoms. The number of hydrogen-bond acceptors (Lipinski definition) is 4. The van der Waals surface area contributed by atoms with Crippen LogP contribution < -0.4 is 4.74 Å². The van der Waals surface area contributed by atoms with Crippen LogP contribution in [0.25, 0.3) is 0 Å². The highest BCUT2D eigenvalue weighted by molar-refractivity contribution is 5.75. The van der Waals surface area contributed by atoms with Crippen molar-refractivity contribution in [1.29, 1.82) is 0 Å². The number of carbonyl (C=O) groups excluding carboxylic acids is 1. The first-order valence-electron chi connectivity index (χ1n) is 7.73. The first kappa shape index (κ1) is 17.7. The SMILES string of the molecule is COc1c(F)ccc(F)c1C1CCN(OC(=O)C(C)(C)C)CC1. The first-order valence-corrected chi connectivity index (χ1v) is 7.73. The fourth-order valence-electron chi connectivity index (χ4n) is 2.63. The van der Waals surface area contributed by atoms with Crippen LogP contribution in [0.3, 0.4) is 0 Å². The molecule has 1 saturated heterocycles. The standard InChI is InChI=1S/C17H23F2NO3/c1-17(2,3)16(21)23-20-9-7-11(8-10-20)14-12(18)5-6-13(19)15(14)22-4/h5-6,11H,7-10H2,1-4H3. The van der Waals surface area contributed by atoms with Crippen molar-refractivity contribution in [2.75, 3.05) is 20.2 Å². The third kappa shape index (κ3) is 3.99. The summed E-state index contributed by atoms with van der Waals surface area (Å²) in [7, 11) is 1.33. The summed E-state index contributed by atoms with van der Waals surface area (Å²) >= 11 is 0. The summed E-state index contributed by atoms with van der Waals surface area (Å²) in [5, 5.41) is 1.59. The molecule has 1 heterocycles. The summed E-state index contributed by atoms with van der Waals surface area (Å²) in [5.74, 6) is -1.52. The first-order chi connectivity index (χ1) is 10.7. The quantitative estimate of drug-likeness (QED) is 0.849. The monoisotopic (exact) mass is 327 g/mol. The lowest BCUT2D eigenvalue weighted by Gasteiger charge is -2.32. The maximum absolute atomic E-state index is 14.1. The molecule has 1 fully saturated rings. The fourth-order valence-corrected chi connectivity index (χ4v) is 2.63. The lowest BCUT2D eigenvalue weighted by molar-refractivity contribution is -0.204. The average molecular weight is 327 g/mol. The Bertz CT molecular complexity index is 576. The number of piperidine rings is 1. The van der Waals surface area contributed by atoms with E-state index in [2.05, 4.69) is 0 Å². The summed E-state index contributed by atoms with van der Waals surface area (Å²) in [4.78, 5) is 17.2. The highest BCUT2D eigenvalue weighted by Crippen LogP contribution is 2.37. The van der Waals surface area contributed by atoms with Gasteiger partial charge in [0.1, 0.15) is 5.82 Å². The predicted molar refractivity (Wildman–Crippen MR) is 82.0 cm³/mol. The molecule has 128 valence electrons. The summed E-state index contributed by atoms with van der Waals surface area (Å²) in [6.45, 7) is 6.32. The van der Waals surface area contributed by atoms with Gasteiger partial charge in [0.2, 0.25) is 0 Å². The highest BCUT2D eigenvalue weighted by Gasteiger charge is 2.31. The Morgan fingerprint density at radius 1 is 1.17 bits per heavy atom. The molecule has 1 aliphatic rings. The molecule has 1 aromatic rings. The number of ether oxygens (including phenoxy) is 1. The van der Waals surface area contributed by atoms with Crippen molar-refractivity contribution in [3.63, 3.8) is 0 Å². The molecule has 0 saturated carbocycles. The zero-order valence-electron chi connectivity index (χ0n) is 14.0. The third-order valence-corrected chi connectivity index (χ3v) is 3.99. The van der Waals surface area contributed by atoms with Gasteiger partial charge in [-0.15, -0.1) is 5.06 Å². The number of halogens is 2. The van der Waals surface area contributed by atoms with Crippen molar-refractivity contribution in [3.8, 4) is 5.75 Å². The number of hydrogen-bond donors (Lipinski definition) is 0. The number of rotatable bonds is 3. The summed E-state index contributed by atoms with van der Waals surface area (Å²) in [6.07, 6.45) is 1.13. The van der Waals surface area contributed by atoms with Gasteiger partial charge in [-0.05, 0) is 51.7 Å². The normalized spacial score (nSPS) is 17.1. The molecule has 1 aromatic carbocycles. The molecule has 0 radical (unpaired) electrons. The zero-order valence-corrected chi connectivity index (χ0v) is 14.0. The largest absolute Gasteiger partial charge is 0.493 e. The number of hydroxylamine groups is 2. The van der Waals surface area contributed by atoms with E-state index >= 15 is 0 Å². The second-order valence-corrected chi connectivity index (χ2v) is 6.81. The van der Waals surface area contributed by atoms with Gasteiger partial charge in [-0.25, -0.2) is 13.6 Å². The molecule has 23 heavy (non-hydrogen) atoms. The molecular weight excluding hydrogens is 304 g/mol. The van der Waals surface area contributed by atoms with E-state index < -0.39 is 17.0 Å². The molecule has 0 atom stereocenters. The van der Waals surface area contributed by atoms with Gasteiger partial charge >= 0.3 is 5.97 Å². The zero-order chi connectivity index (χ0) is 17.2. The molecular formula is C17H23F2NO3. The Morgan fingerprint density at radius 2 is 1.74 bits per heavy atom. The minimum absolute atomic E-state index is 0.0323. The fraction of sp³-hybridized carbons (Fsp3) is 0.588. The Hall–Kier alpha value is -1.69. The van der Waals surface area contributed by atoms with Crippen LogP contribution in [0.15, 0.2) is 12.1 Å². The lowest BCUT2D eigenvalue weighted by Crippen LogP contribution is -2.38. The van der Waals surface area contributed by atoms with Crippen molar-refractivity contribution < 1.29 is 23.1 Å². The minimum Gasteiger partial charge on any atom is -0.493 e. The third-order valence-electron chi connectivity index (χ3n) is 3.99. The van der Waals surface area contributed by atoms with Crippen molar-refractivity contribution in [2.45, 2.75) is 39.5 Å². The van der Waals surface area contributed by atoms with Crippen LogP contribution >= 0.6 is 0 Å². The van der Waals surface area contributed by atoms with Gasteiger partial charge in [-0.3, -0.25) is 0 Å². The smallest absolute Gasteiger partial charge is 0.330 e. The maximum atomic E-state index is 14.1. The Kier molecular flexibility index (Phi) is 5.24. The van der Waals surface area contributed by atoms with Gasteiger partial charge in [0.15, 0.2) is 11.6 Å². The molecule has 0 N–H and O–H groups in total. The van der Waals surface area contributed by atoms with Crippen LogP contribution in [0.2, 0.25) is 0 Å². The molecule has 0 spiro atoms. The molecule has 0 amide bonds. The molecule has 0 unspecified atom stereocenters. The van der Waals surface area contributed by atoms with E-state index in [1.807, 2.05) is 0 Å². The molecule has 0 bridgehead atoms. The van der Waals surface area contributed by atoms with E-state index in [1.165, 1.54) is 7.11 Å². The van der Waals surface area contributed by atoms with Crippen LogP contribution in [-0.2, 0) is 9.63 Å². The molecule has 1 aliphatic heterocycles. The van der Waals surface area contributed by atoms with E-state index in [9.17, 15) is 13.6 Å². The number of benzene rings is 1. The predicted octanol–water partition coefficient (Wildman–Crippen LogP) is 3.66. The lowest BCUT2D eigenvalue weighted by atomic mass is 9.89. The van der Waals surface area contributed by atoms with E-state index in [0.29, 0.717) is 25.9 Å². The summed E-state index contributed by atoms with van der Waals surface area (Å²) in [5.41, 5.74) is -0.302. The van der Waals surface area contributed by atoms with Crippen molar-refractivity contribution >= 4 is 5.97 Å². The number of carbonyl (C=O) groups is 1. The maximum Gasteiger partial charge on any atom is 0.330 e. The van der Waals surface area contributed by atoms with E-state index in [0.717, 1.165) is 12.1 Å². The Labute approximate surface area is 135 Å². The molecule has 4 nitrogen and oxygen atoms in total. The van der Waals surface area contributed by atoms with Crippen LogP contribution in [0.5, 0.6) is 5.75 Å². The van der Waals surface area contributed by atoms with Gasteiger partial charge < -0.3 is 9.57 Å². The highest BCUT2D eigenvalue weighted by atomic mass is 19.1. The van der Waals surface area contributed by atoms with Gasteiger partial charge in [-0.1, -0.05) is 0 Å². The van der Waals surface area contributed by atoms with Gasteiger partial charge in [0, 0.05) is 18.7 Å². The summed E-state index contributed by atoms with van der Waals surface area (Å²) in [6, 6.07) is 2.19. The van der Waals surface area contributed by atoms with Crippen LogP contribution in [0, 0.1) is 17.0 Å². The van der Waals surface area contributed by atoms with Gasteiger partial charge in [-0.2, -0.15) is 0 Å². The Balaban J connectivity index is 2.06. The molecule has 0 aliphatic carbocycles. The minimum atomic E-state index is -0.575. The molecule has 0 aromatic heterocycles. The number of methoxy groups -OCH3 is 1. The molecule has 2 rings (SSSR count). The average Bonchev–Trinajstić information content (AvgIpc) is 2.49. The van der Waals surface area contributed by atoms with Crippen molar-refractivity contribution in [3.05, 3.63) is 29.3 Å². The van der Waals surface area contributed by atoms with Crippen molar-refractivity contribution in [1.82, 2.24) is 5.06 Å². The van der Waals surface area contributed by atoms with Gasteiger partial charge in [0.05, 0.1) is 12.5 Å². The van der Waals surface area contributed by atoms with Crippen LogP contribution in [0.1, 0.15) is 45.1 Å². The second-order valence-electron chi connectivity index (χ2n) is 6.81. The van der Waals surface area contributed by atoms with Crippen LogP contribution in [-0.4, -0.2) is 31.2 Å². The van der Waals surface area contributed by atoms with E-state index in [-0.39, 0.29) is 23.2 Å². The topological polar surface area (TPSA) is 38.8 Å².